The van der Waals surface area contributed by atoms with Gasteiger partial charge in [-0.25, -0.2) is 5.48 Å². The second-order valence-corrected chi connectivity index (χ2v) is 3.27. The highest BCUT2D eigenvalue weighted by Gasteiger charge is 2.20. The fourth-order valence-electron chi connectivity index (χ4n) is 1.49. The normalized spacial score (nSPS) is 10.1. The van der Waals surface area contributed by atoms with Crippen LogP contribution in [0.4, 0.5) is 0 Å². The summed E-state index contributed by atoms with van der Waals surface area (Å²) >= 11 is 0. The van der Waals surface area contributed by atoms with Crippen molar-refractivity contribution in [3.63, 3.8) is 0 Å². The third-order valence-electron chi connectivity index (χ3n) is 2.24. The molecule has 1 aromatic heterocycles. The molecule has 0 saturated carbocycles. The van der Waals surface area contributed by atoms with Crippen LogP contribution >= 0.6 is 0 Å². The van der Waals surface area contributed by atoms with Gasteiger partial charge in [0.05, 0.1) is 0 Å². The minimum Gasteiger partial charge on any atom is -0.360 e. The topological polar surface area (TPSA) is 75.4 Å². The van der Waals surface area contributed by atoms with Crippen molar-refractivity contribution in [2.75, 3.05) is 0 Å². The largest absolute Gasteiger partial charge is 0.360 e. The molecule has 0 bridgehead atoms. The van der Waals surface area contributed by atoms with E-state index in [-0.39, 0.29) is 5.56 Å². The van der Waals surface area contributed by atoms with Gasteiger partial charge in [-0.3, -0.25) is 10.0 Å². The van der Waals surface area contributed by atoms with E-state index in [0.29, 0.717) is 11.5 Å². The molecule has 5 heteroatoms. The summed E-state index contributed by atoms with van der Waals surface area (Å²) in [5.74, 6) is -0.261. The number of hydrogen-bond donors (Lipinski definition) is 2. The van der Waals surface area contributed by atoms with Crippen molar-refractivity contribution < 1.29 is 14.5 Å². The van der Waals surface area contributed by atoms with Gasteiger partial charge in [0.15, 0.2) is 0 Å². The average molecular weight is 218 g/mol. The van der Waals surface area contributed by atoms with Gasteiger partial charge >= 0.3 is 0 Å². The van der Waals surface area contributed by atoms with Gasteiger partial charge in [-0.2, -0.15) is 0 Å². The Morgan fingerprint density at radius 3 is 2.69 bits per heavy atom. The summed E-state index contributed by atoms with van der Waals surface area (Å²) in [6, 6.07) is 9.15. The molecule has 1 aromatic carbocycles. The molecule has 1 amide bonds. The van der Waals surface area contributed by atoms with Gasteiger partial charge in [-0.05, 0) is 6.92 Å². The maximum absolute atomic E-state index is 11.4. The van der Waals surface area contributed by atoms with E-state index in [1.54, 1.807) is 12.4 Å². The van der Waals surface area contributed by atoms with Crippen molar-refractivity contribution in [2.24, 2.45) is 0 Å². The first-order chi connectivity index (χ1) is 7.74. The van der Waals surface area contributed by atoms with Gasteiger partial charge in [0.1, 0.15) is 17.0 Å². The number of aromatic nitrogens is 1. The predicted molar refractivity (Wildman–Crippen MR) is 55.9 cm³/mol. The van der Waals surface area contributed by atoms with E-state index < -0.39 is 5.91 Å². The second kappa shape index (κ2) is 4.16. The van der Waals surface area contributed by atoms with E-state index in [1.807, 2.05) is 30.3 Å². The van der Waals surface area contributed by atoms with Gasteiger partial charge < -0.3 is 4.52 Å². The molecule has 82 valence electrons. The highest BCUT2D eigenvalue weighted by atomic mass is 16.5. The Bertz CT molecular complexity index is 505. The smallest absolute Gasteiger partial charge is 0.280 e. The first-order valence-electron chi connectivity index (χ1n) is 4.70. The molecule has 16 heavy (non-hydrogen) atoms. The number of hydrogen-bond acceptors (Lipinski definition) is 4. The Morgan fingerprint density at radius 1 is 1.38 bits per heavy atom. The van der Waals surface area contributed by atoms with Gasteiger partial charge in [0.2, 0.25) is 0 Å². The number of aryl methyl sites for hydroxylation is 1. The Kier molecular flexibility index (Phi) is 2.70. The zero-order valence-corrected chi connectivity index (χ0v) is 8.60. The lowest BCUT2D eigenvalue weighted by Crippen LogP contribution is -2.19. The molecule has 2 aromatic rings. The van der Waals surface area contributed by atoms with Crippen LogP contribution < -0.4 is 5.48 Å². The standard InChI is InChI=1S/C11H10N2O3/c1-7-9(11(14)12-15)10(13-16-7)8-5-3-2-4-6-8/h2-6,15H,1H3,(H,12,14). The maximum atomic E-state index is 11.4. The third-order valence-corrected chi connectivity index (χ3v) is 2.24. The summed E-state index contributed by atoms with van der Waals surface area (Å²) in [5, 5.41) is 12.4. The summed E-state index contributed by atoms with van der Waals surface area (Å²) in [4.78, 5) is 11.4. The molecule has 0 aliphatic heterocycles. The predicted octanol–water partition coefficient (Wildman–Crippen LogP) is 1.77. The summed E-state index contributed by atoms with van der Waals surface area (Å²) < 4.78 is 4.95. The molecular weight excluding hydrogens is 208 g/mol. The number of benzene rings is 1. The molecule has 0 aliphatic rings. The number of carbonyl (C=O) groups is 1. The lowest BCUT2D eigenvalue weighted by Gasteiger charge is -1.99. The molecule has 2 rings (SSSR count). The Labute approximate surface area is 91.6 Å². The lowest BCUT2D eigenvalue weighted by atomic mass is 10.1. The van der Waals surface area contributed by atoms with Crippen LogP contribution in [-0.2, 0) is 0 Å². The number of hydroxylamine groups is 1. The van der Waals surface area contributed by atoms with Crippen LogP contribution in [0.3, 0.4) is 0 Å². The SMILES string of the molecule is Cc1onc(-c2ccccc2)c1C(=O)NO. The van der Waals surface area contributed by atoms with Gasteiger partial charge in [-0.1, -0.05) is 35.5 Å². The van der Waals surface area contributed by atoms with E-state index in [2.05, 4.69) is 5.16 Å². The van der Waals surface area contributed by atoms with Crippen LogP contribution in [0.15, 0.2) is 34.9 Å². The van der Waals surface area contributed by atoms with Crippen molar-refractivity contribution in [1.82, 2.24) is 10.6 Å². The van der Waals surface area contributed by atoms with Crippen LogP contribution in [0.25, 0.3) is 11.3 Å². The molecule has 0 radical (unpaired) electrons. The summed E-state index contributed by atoms with van der Waals surface area (Å²) in [6.07, 6.45) is 0. The zero-order valence-electron chi connectivity index (χ0n) is 8.60. The van der Waals surface area contributed by atoms with Crippen molar-refractivity contribution in [1.29, 1.82) is 0 Å². The highest BCUT2D eigenvalue weighted by Crippen LogP contribution is 2.24. The Balaban J connectivity index is 2.55. The number of nitrogens with zero attached hydrogens (tertiary/aromatic N) is 1. The van der Waals surface area contributed by atoms with E-state index in [0.717, 1.165) is 5.56 Å². The minimum atomic E-state index is -0.627. The van der Waals surface area contributed by atoms with Crippen molar-refractivity contribution in [3.05, 3.63) is 41.7 Å². The summed E-state index contributed by atoms with van der Waals surface area (Å²) in [6.45, 7) is 1.62. The second-order valence-electron chi connectivity index (χ2n) is 3.27. The van der Waals surface area contributed by atoms with Gasteiger partial charge in [-0.15, -0.1) is 0 Å². The van der Waals surface area contributed by atoms with E-state index >= 15 is 0 Å². The van der Waals surface area contributed by atoms with Gasteiger partial charge in [0, 0.05) is 5.56 Å². The van der Waals surface area contributed by atoms with Crippen molar-refractivity contribution >= 4 is 5.91 Å². The third kappa shape index (κ3) is 1.68. The van der Waals surface area contributed by atoms with E-state index in [9.17, 15) is 4.79 Å². The number of carbonyl (C=O) groups excluding carboxylic acids is 1. The van der Waals surface area contributed by atoms with Crippen molar-refractivity contribution in [3.8, 4) is 11.3 Å². The zero-order chi connectivity index (χ0) is 11.5. The van der Waals surface area contributed by atoms with Crippen LogP contribution in [0.2, 0.25) is 0 Å². The molecule has 5 nitrogen and oxygen atoms in total. The number of nitrogens with one attached hydrogen (secondary N) is 1. The molecule has 2 N–H and O–H groups in total. The fraction of sp³-hybridized carbons (Fsp3) is 0.0909. The van der Waals surface area contributed by atoms with Crippen LogP contribution in [-0.4, -0.2) is 16.3 Å². The van der Waals surface area contributed by atoms with Gasteiger partial charge in [0.25, 0.3) is 5.91 Å². The molecular formula is C11H10N2O3. The molecule has 0 spiro atoms. The number of rotatable bonds is 2. The fourth-order valence-corrected chi connectivity index (χ4v) is 1.49. The van der Waals surface area contributed by atoms with E-state index in [1.165, 1.54) is 0 Å². The first-order valence-corrected chi connectivity index (χ1v) is 4.70. The first kappa shape index (κ1) is 10.4. The maximum Gasteiger partial charge on any atom is 0.280 e. The summed E-state index contributed by atoms with van der Waals surface area (Å²) in [7, 11) is 0. The molecule has 1 heterocycles. The van der Waals surface area contributed by atoms with Crippen LogP contribution in [0.5, 0.6) is 0 Å². The quantitative estimate of drug-likeness (QED) is 0.595. The summed E-state index contributed by atoms with van der Waals surface area (Å²) in [5.41, 5.74) is 3.01. The Hall–Kier alpha value is -2.14. The van der Waals surface area contributed by atoms with Crippen molar-refractivity contribution in [2.45, 2.75) is 6.92 Å². The van der Waals surface area contributed by atoms with Crippen LogP contribution in [0.1, 0.15) is 16.1 Å². The van der Waals surface area contributed by atoms with E-state index in [4.69, 9.17) is 9.73 Å². The average Bonchev–Trinajstić information content (AvgIpc) is 2.71. The van der Waals surface area contributed by atoms with Crippen LogP contribution in [0, 0.1) is 6.92 Å². The minimum absolute atomic E-state index is 0.244. The molecule has 0 atom stereocenters. The highest BCUT2D eigenvalue weighted by molar-refractivity contribution is 6.00. The number of amides is 1. The molecule has 0 unspecified atom stereocenters. The Morgan fingerprint density at radius 2 is 2.06 bits per heavy atom. The molecule has 0 fully saturated rings. The monoisotopic (exact) mass is 218 g/mol. The lowest BCUT2D eigenvalue weighted by molar-refractivity contribution is 0.0705. The molecule has 0 aliphatic carbocycles. The molecule has 0 saturated heterocycles.